The van der Waals surface area contributed by atoms with Crippen molar-refractivity contribution >= 4 is 22.8 Å². The highest BCUT2D eigenvalue weighted by Crippen LogP contribution is 2.25. The molecule has 4 heteroatoms. The van der Waals surface area contributed by atoms with Gasteiger partial charge < -0.3 is 0 Å². The number of aromatic nitrogens is 3. The van der Waals surface area contributed by atoms with Gasteiger partial charge in [-0.3, -0.25) is 4.57 Å². The van der Waals surface area contributed by atoms with Crippen LogP contribution < -0.4 is 0 Å². The van der Waals surface area contributed by atoms with Crippen molar-refractivity contribution in [3.8, 4) is 5.69 Å². The Morgan fingerprint density at radius 2 is 2.00 bits per heavy atom. The largest absolute Gasteiger partial charge is 0.279 e. The van der Waals surface area contributed by atoms with Gasteiger partial charge in [0, 0.05) is 6.20 Å². The zero-order valence-corrected chi connectivity index (χ0v) is 12.4. The van der Waals surface area contributed by atoms with E-state index in [0.717, 1.165) is 34.7 Å². The van der Waals surface area contributed by atoms with E-state index in [-0.39, 0.29) is 0 Å². The Labute approximate surface area is 123 Å². The molecule has 20 heavy (non-hydrogen) atoms. The molecule has 0 bridgehead atoms. The number of para-hydroxylation sites is 1. The van der Waals surface area contributed by atoms with Crippen molar-refractivity contribution in [2.24, 2.45) is 0 Å². The van der Waals surface area contributed by atoms with Crippen LogP contribution >= 0.6 is 11.6 Å². The Hall–Kier alpha value is -1.87. The number of benzene rings is 1. The zero-order valence-electron chi connectivity index (χ0n) is 11.6. The number of aryl methyl sites for hydroxylation is 2. The van der Waals surface area contributed by atoms with E-state index in [9.17, 15) is 0 Å². The molecule has 3 nitrogen and oxygen atoms in total. The third kappa shape index (κ3) is 1.98. The molecule has 0 aliphatic heterocycles. The number of hydrogen-bond acceptors (Lipinski definition) is 2. The SMILES string of the molecule is CCc1ccccc1-n1c(CCl)nc2c(C)ccnc21. The quantitative estimate of drug-likeness (QED) is 0.680. The maximum absolute atomic E-state index is 6.09. The number of nitrogens with zero attached hydrogens (tertiary/aromatic N) is 3. The maximum Gasteiger partial charge on any atom is 0.164 e. The summed E-state index contributed by atoms with van der Waals surface area (Å²) >= 11 is 6.09. The van der Waals surface area contributed by atoms with Crippen LogP contribution in [0.1, 0.15) is 23.9 Å². The van der Waals surface area contributed by atoms with Crippen LogP contribution in [0, 0.1) is 6.92 Å². The van der Waals surface area contributed by atoms with Crippen molar-refractivity contribution in [3.63, 3.8) is 0 Å². The molecule has 0 aliphatic carbocycles. The van der Waals surface area contributed by atoms with Crippen molar-refractivity contribution in [2.75, 3.05) is 0 Å². The summed E-state index contributed by atoms with van der Waals surface area (Å²) in [5.41, 5.74) is 5.30. The van der Waals surface area contributed by atoms with Crippen LogP contribution in [0.5, 0.6) is 0 Å². The fraction of sp³-hybridized carbons (Fsp3) is 0.250. The second-order valence-electron chi connectivity index (χ2n) is 4.78. The van der Waals surface area contributed by atoms with E-state index in [1.54, 1.807) is 0 Å². The monoisotopic (exact) mass is 285 g/mol. The fourth-order valence-corrected chi connectivity index (χ4v) is 2.69. The number of pyridine rings is 1. The van der Waals surface area contributed by atoms with Gasteiger partial charge in [0.2, 0.25) is 0 Å². The molecule has 0 saturated heterocycles. The lowest BCUT2D eigenvalue weighted by atomic mass is 10.1. The van der Waals surface area contributed by atoms with Crippen molar-refractivity contribution < 1.29 is 0 Å². The minimum atomic E-state index is 0.369. The van der Waals surface area contributed by atoms with Gasteiger partial charge in [-0.15, -0.1) is 11.6 Å². The molecule has 1 aromatic carbocycles. The van der Waals surface area contributed by atoms with Crippen LogP contribution in [-0.4, -0.2) is 14.5 Å². The zero-order chi connectivity index (χ0) is 14.1. The third-order valence-corrected chi connectivity index (χ3v) is 3.79. The number of hydrogen-bond donors (Lipinski definition) is 0. The number of imidazole rings is 1. The normalized spacial score (nSPS) is 11.2. The van der Waals surface area contributed by atoms with Crippen molar-refractivity contribution in [2.45, 2.75) is 26.1 Å². The molecule has 2 heterocycles. The van der Waals surface area contributed by atoms with E-state index in [2.05, 4.69) is 39.7 Å². The van der Waals surface area contributed by atoms with Gasteiger partial charge in [0.05, 0.1) is 11.6 Å². The van der Waals surface area contributed by atoms with Crippen LogP contribution in [0.2, 0.25) is 0 Å². The van der Waals surface area contributed by atoms with Gasteiger partial charge in [-0.05, 0) is 36.6 Å². The van der Waals surface area contributed by atoms with Gasteiger partial charge in [-0.25, -0.2) is 9.97 Å². The molecule has 3 rings (SSSR count). The summed E-state index contributed by atoms with van der Waals surface area (Å²) in [6.45, 7) is 4.20. The molecule has 102 valence electrons. The Bertz CT molecular complexity index is 762. The lowest BCUT2D eigenvalue weighted by Gasteiger charge is -2.11. The predicted octanol–water partition coefficient (Wildman–Crippen LogP) is 4.03. The molecule has 0 aliphatic rings. The van der Waals surface area contributed by atoms with E-state index in [1.807, 2.05) is 25.3 Å². The van der Waals surface area contributed by atoms with Crippen molar-refractivity contribution in [3.05, 3.63) is 53.5 Å². The fourth-order valence-electron chi connectivity index (χ4n) is 2.51. The molecule has 3 aromatic rings. The summed E-state index contributed by atoms with van der Waals surface area (Å²) in [5, 5.41) is 0. The number of alkyl halides is 1. The molecular weight excluding hydrogens is 270 g/mol. The van der Waals surface area contributed by atoms with Gasteiger partial charge in [-0.1, -0.05) is 25.1 Å². The first kappa shape index (κ1) is 13.1. The average Bonchev–Trinajstić information content (AvgIpc) is 2.87. The maximum atomic E-state index is 6.09. The highest BCUT2D eigenvalue weighted by atomic mass is 35.5. The molecule has 2 aromatic heterocycles. The van der Waals surface area contributed by atoms with Gasteiger partial charge in [0.15, 0.2) is 5.65 Å². The first-order valence-corrected chi connectivity index (χ1v) is 7.27. The summed E-state index contributed by atoms with van der Waals surface area (Å²) in [7, 11) is 0. The summed E-state index contributed by atoms with van der Waals surface area (Å²) in [6.07, 6.45) is 2.78. The highest BCUT2D eigenvalue weighted by molar-refractivity contribution is 6.17. The minimum absolute atomic E-state index is 0.369. The smallest absolute Gasteiger partial charge is 0.164 e. The molecule has 0 atom stereocenters. The van der Waals surface area contributed by atoms with Gasteiger partial charge in [0.1, 0.15) is 11.3 Å². The van der Waals surface area contributed by atoms with Crippen molar-refractivity contribution in [1.29, 1.82) is 0 Å². The van der Waals surface area contributed by atoms with Crippen LogP contribution in [0.25, 0.3) is 16.9 Å². The standard InChI is InChI=1S/C16H16ClN3/c1-3-12-6-4-5-7-13(12)20-14(10-17)19-15-11(2)8-9-18-16(15)20/h4-9H,3,10H2,1-2H3. The van der Waals surface area contributed by atoms with Crippen LogP contribution in [0.15, 0.2) is 36.5 Å². The lowest BCUT2D eigenvalue weighted by Crippen LogP contribution is -2.03. The summed E-state index contributed by atoms with van der Waals surface area (Å²) in [4.78, 5) is 9.16. The summed E-state index contributed by atoms with van der Waals surface area (Å²) in [6, 6.07) is 10.3. The molecular formula is C16H16ClN3. The third-order valence-electron chi connectivity index (χ3n) is 3.55. The van der Waals surface area contributed by atoms with E-state index < -0.39 is 0 Å². The molecule has 0 saturated carbocycles. The number of fused-ring (bicyclic) bond motifs is 1. The van der Waals surface area contributed by atoms with Crippen LogP contribution in [0.3, 0.4) is 0 Å². The number of rotatable bonds is 3. The molecule has 0 N–H and O–H groups in total. The average molecular weight is 286 g/mol. The van der Waals surface area contributed by atoms with Crippen molar-refractivity contribution in [1.82, 2.24) is 14.5 Å². The molecule has 0 unspecified atom stereocenters. The Balaban J connectivity index is 2.37. The van der Waals surface area contributed by atoms with Gasteiger partial charge in [-0.2, -0.15) is 0 Å². The van der Waals surface area contributed by atoms with E-state index in [4.69, 9.17) is 11.6 Å². The van der Waals surface area contributed by atoms with E-state index >= 15 is 0 Å². The Morgan fingerprint density at radius 3 is 2.75 bits per heavy atom. The van der Waals surface area contributed by atoms with E-state index in [0.29, 0.717) is 5.88 Å². The Kier molecular flexibility index (Phi) is 3.45. The Morgan fingerprint density at radius 1 is 1.20 bits per heavy atom. The second kappa shape index (κ2) is 5.25. The van der Waals surface area contributed by atoms with E-state index in [1.165, 1.54) is 5.56 Å². The molecule has 0 fully saturated rings. The highest BCUT2D eigenvalue weighted by Gasteiger charge is 2.15. The first-order valence-electron chi connectivity index (χ1n) is 6.73. The molecule has 0 amide bonds. The first-order chi connectivity index (χ1) is 9.76. The summed E-state index contributed by atoms with van der Waals surface area (Å²) < 4.78 is 2.08. The predicted molar refractivity (Wildman–Crippen MR) is 82.5 cm³/mol. The van der Waals surface area contributed by atoms with Gasteiger partial charge >= 0.3 is 0 Å². The number of halogens is 1. The minimum Gasteiger partial charge on any atom is -0.279 e. The van der Waals surface area contributed by atoms with Crippen LogP contribution in [0.4, 0.5) is 0 Å². The van der Waals surface area contributed by atoms with Crippen LogP contribution in [-0.2, 0) is 12.3 Å². The van der Waals surface area contributed by atoms with Gasteiger partial charge in [0.25, 0.3) is 0 Å². The second-order valence-corrected chi connectivity index (χ2v) is 5.05. The lowest BCUT2D eigenvalue weighted by molar-refractivity contribution is 0.945. The molecule has 0 spiro atoms. The topological polar surface area (TPSA) is 30.7 Å². The molecule has 0 radical (unpaired) electrons. The summed E-state index contributed by atoms with van der Waals surface area (Å²) in [5.74, 6) is 1.21.